The van der Waals surface area contributed by atoms with Gasteiger partial charge in [-0.05, 0) is 62.1 Å². The lowest BCUT2D eigenvalue weighted by Crippen LogP contribution is -2.52. The van der Waals surface area contributed by atoms with Gasteiger partial charge in [-0.3, -0.25) is 0 Å². The Morgan fingerprint density at radius 3 is 2.95 bits per heavy atom. The lowest BCUT2D eigenvalue weighted by Gasteiger charge is -2.41. The number of benzene rings is 1. The van der Waals surface area contributed by atoms with E-state index in [2.05, 4.69) is 36.5 Å². The van der Waals surface area contributed by atoms with Gasteiger partial charge in [0.25, 0.3) is 0 Å². The molecule has 2 aliphatic rings. The van der Waals surface area contributed by atoms with Crippen LogP contribution < -0.4 is 5.32 Å². The van der Waals surface area contributed by atoms with E-state index in [1.807, 2.05) is 0 Å². The van der Waals surface area contributed by atoms with Gasteiger partial charge in [0.2, 0.25) is 0 Å². The first-order valence-corrected chi connectivity index (χ1v) is 7.74. The Morgan fingerprint density at radius 1 is 1.26 bits per heavy atom. The monoisotopic (exact) mass is 259 g/mol. The summed E-state index contributed by atoms with van der Waals surface area (Å²) in [7, 11) is 0. The molecule has 0 aromatic heterocycles. The van der Waals surface area contributed by atoms with Gasteiger partial charge >= 0.3 is 0 Å². The molecular formula is C17H25NO. The zero-order chi connectivity index (χ0) is 13.3. The predicted octanol–water partition coefficient (Wildman–Crippen LogP) is 2.99. The summed E-state index contributed by atoms with van der Waals surface area (Å²) < 4.78 is 0. The van der Waals surface area contributed by atoms with Crippen LogP contribution in [0, 0.1) is 5.92 Å². The Balaban J connectivity index is 1.97. The molecule has 1 aliphatic heterocycles. The summed E-state index contributed by atoms with van der Waals surface area (Å²) in [4.78, 5) is 0. The minimum absolute atomic E-state index is 0.218. The number of hydrogen-bond donors (Lipinski definition) is 2. The van der Waals surface area contributed by atoms with Crippen molar-refractivity contribution >= 4 is 0 Å². The van der Waals surface area contributed by atoms with Gasteiger partial charge < -0.3 is 10.4 Å². The van der Waals surface area contributed by atoms with E-state index in [-0.39, 0.29) is 6.04 Å². The van der Waals surface area contributed by atoms with Crippen LogP contribution in [0.25, 0.3) is 0 Å². The van der Waals surface area contributed by atoms with Crippen LogP contribution in [0.2, 0.25) is 0 Å². The van der Waals surface area contributed by atoms with Crippen molar-refractivity contribution in [2.24, 2.45) is 5.92 Å². The second-order valence-corrected chi connectivity index (χ2v) is 6.42. The third kappa shape index (κ3) is 2.44. The fourth-order valence-electron chi connectivity index (χ4n) is 3.84. The lowest BCUT2D eigenvalue weighted by molar-refractivity contribution is -0.0265. The molecule has 3 atom stereocenters. The molecule has 0 radical (unpaired) electrons. The van der Waals surface area contributed by atoms with Crippen LogP contribution >= 0.6 is 0 Å². The van der Waals surface area contributed by atoms with E-state index in [1.165, 1.54) is 24.0 Å². The molecule has 3 unspecified atom stereocenters. The Kier molecular flexibility index (Phi) is 3.64. The highest BCUT2D eigenvalue weighted by molar-refractivity contribution is 5.35. The molecule has 1 fully saturated rings. The molecule has 1 aromatic rings. The summed E-state index contributed by atoms with van der Waals surface area (Å²) in [6, 6.07) is 8.72. The number of rotatable bonds is 1. The van der Waals surface area contributed by atoms with Crippen molar-refractivity contribution in [2.45, 2.75) is 57.1 Å². The number of nitrogens with one attached hydrogen (secondary N) is 1. The fraction of sp³-hybridized carbons (Fsp3) is 0.647. The summed E-state index contributed by atoms with van der Waals surface area (Å²) in [6.45, 7) is 3.34. The highest BCUT2D eigenvalue weighted by atomic mass is 16.3. The van der Waals surface area contributed by atoms with Gasteiger partial charge in [-0.25, -0.2) is 0 Å². The number of piperidine rings is 1. The molecule has 3 rings (SSSR count). The molecular weight excluding hydrogens is 234 g/mol. The van der Waals surface area contributed by atoms with E-state index < -0.39 is 5.60 Å². The average molecular weight is 259 g/mol. The van der Waals surface area contributed by atoms with E-state index in [1.54, 1.807) is 0 Å². The van der Waals surface area contributed by atoms with Gasteiger partial charge in [0.05, 0.1) is 0 Å². The second-order valence-electron chi connectivity index (χ2n) is 6.42. The molecule has 2 nitrogen and oxygen atoms in total. The maximum Gasteiger partial charge on any atom is 0.105 e. The van der Waals surface area contributed by atoms with Crippen LogP contribution in [-0.4, -0.2) is 17.7 Å². The van der Waals surface area contributed by atoms with Crippen LogP contribution in [-0.2, 0) is 12.0 Å². The van der Waals surface area contributed by atoms with Gasteiger partial charge in [0.15, 0.2) is 0 Å². The van der Waals surface area contributed by atoms with Crippen molar-refractivity contribution in [3.8, 4) is 0 Å². The first-order chi connectivity index (χ1) is 9.20. The second kappa shape index (κ2) is 5.26. The van der Waals surface area contributed by atoms with Gasteiger partial charge in [0, 0.05) is 6.04 Å². The van der Waals surface area contributed by atoms with Crippen molar-refractivity contribution in [1.82, 2.24) is 5.32 Å². The van der Waals surface area contributed by atoms with Crippen LogP contribution in [0.15, 0.2) is 24.3 Å². The molecule has 1 heterocycles. The molecule has 2 N–H and O–H groups in total. The van der Waals surface area contributed by atoms with Crippen LogP contribution in [0.5, 0.6) is 0 Å². The van der Waals surface area contributed by atoms with Crippen molar-refractivity contribution in [2.75, 3.05) is 6.54 Å². The van der Waals surface area contributed by atoms with Crippen LogP contribution in [0.1, 0.15) is 50.2 Å². The summed E-state index contributed by atoms with van der Waals surface area (Å²) >= 11 is 0. The van der Waals surface area contributed by atoms with Crippen molar-refractivity contribution in [1.29, 1.82) is 0 Å². The normalized spacial score (nSPS) is 35.5. The lowest BCUT2D eigenvalue weighted by atomic mass is 9.76. The summed E-state index contributed by atoms with van der Waals surface area (Å²) in [5, 5.41) is 15.0. The number of aliphatic hydroxyl groups is 1. The predicted molar refractivity (Wildman–Crippen MR) is 78.1 cm³/mol. The highest BCUT2D eigenvalue weighted by Crippen LogP contribution is 2.39. The molecule has 19 heavy (non-hydrogen) atoms. The number of fused-ring (bicyclic) bond motifs is 1. The molecule has 1 aliphatic carbocycles. The molecule has 2 heteroatoms. The van der Waals surface area contributed by atoms with E-state index in [0.717, 1.165) is 32.2 Å². The molecule has 0 amide bonds. The van der Waals surface area contributed by atoms with E-state index in [0.29, 0.717) is 5.92 Å². The van der Waals surface area contributed by atoms with Crippen molar-refractivity contribution in [3.05, 3.63) is 35.4 Å². The first-order valence-electron chi connectivity index (χ1n) is 7.74. The van der Waals surface area contributed by atoms with Crippen LogP contribution in [0.4, 0.5) is 0 Å². The standard InChI is InChI=1S/C17H25NO/c1-13-9-11-18-16(12-13)17(19)10-5-4-7-14-6-2-3-8-15(14)17/h2-3,6,8,13,16,18-19H,4-5,7,9-12H2,1H3. The van der Waals surface area contributed by atoms with E-state index in [4.69, 9.17) is 0 Å². The molecule has 0 spiro atoms. The fourth-order valence-corrected chi connectivity index (χ4v) is 3.84. The smallest absolute Gasteiger partial charge is 0.105 e. The SMILES string of the molecule is CC1CCNC(C2(O)CCCCc3ccccc32)C1. The summed E-state index contributed by atoms with van der Waals surface area (Å²) in [5.74, 6) is 0.714. The molecule has 0 bridgehead atoms. The Bertz CT molecular complexity index is 445. The Hall–Kier alpha value is -0.860. The molecule has 1 aromatic carbocycles. The zero-order valence-electron chi connectivity index (χ0n) is 11.9. The summed E-state index contributed by atoms with van der Waals surface area (Å²) in [5.41, 5.74) is 1.86. The van der Waals surface area contributed by atoms with Crippen molar-refractivity contribution in [3.63, 3.8) is 0 Å². The molecule has 0 saturated carbocycles. The van der Waals surface area contributed by atoms with Gasteiger partial charge in [0.1, 0.15) is 5.60 Å². The maximum absolute atomic E-state index is 11.4. The Labute approximate surface area is 116 Å². The zero-order valence-corrected chi connectivity index (χ0v) is 11.9. The topological polar surface area (TPSA) is 32.3 Å². The number of aryl methyl sites for hydroxylation is 1. The maximum atomic E-state index is 11.4. The van der Waals surface area contributed by atoms with Gasteiger partial charge in [-0.1, -0.05) is 31.2 Å². The van der Waals surface area contributed by atoms with Gasteiger partial charge in [-0.2, -0.15) is 0 Å². The van der Waals surface area contributed by atoms with Crippen molar-refractivity contribution < 1.29 is 5.11 Å². The third-order valence-corrected chi connectivity index (χ3v) is 4.98. The first kappa shape index (κ1) is 13.1. The van der Waals surface area contributed by atoms with E-state index >= 15 is 0 Å². The molecule has 1 saturated heterocycles. The highest BCUT2D eigenvalue weighted by Gasteiger charge is 2.41. The van der Waals surface area contributed by atoms with Gasteiger partial charge in [-0.15, -0.1) is 0 Å². The number of hydrogen-bond acceptors (Lipinski definition) is 2. The Morgan fingerprint density at radius 2 is 2.11 bits per heavy atom. The third-order valence-electron chi connectivity index (χ3n) is 4.98. The largest absolute Gasteiger partial charge is 0.384 e. The molecule has 104 valence electrons. The quantitative estimate of drug-likeness (QED) is 0.760. The van der Waals surface area contributed by atoms with Crippen LogP contribution in [0.3, 0.4) is 0 Å². The minimum Gasteiger partial charge on any atom is -0.384 e. The average Bonchev–Trinajstić information content (AvgIpc) is 2.60. The van der Waals surface area contributed by atoms with E-state index in [9.17, 15) is 5.11 Å². The summed E-state index contributed by atoms with van der Waals surface area (Å²) in [6.07, 6.45) is 6.65. The minimum atomic E-state index is -0.665.